The zero-order valence-corrected chi connectivity index (χ0v) is 10.6. The van der Waals surface area contributed by atoms with E-state index in [1.165, 1.54) is 19.4 Å². The highest BCUT2D eigenvalue weighted by Crippen LogP contribution is 2.39. The Morgan fingerprint density at radius 2 is 2.26 bits per heavy atom. The number of aromatic amines is 1. The van der Waals surface area contributed by atoms with E-state index in [-0.39, 0.29) is 0 Å². The van der Waals surface area contributed by atoms with Gasteiger partial charge < -0.3 is 19.7 Å². The summed E-state index contributed by atoms with van der Waals surface area (Å²) in [6.45, 7) is 1.16. The first-order chi connectivity index (χ1) is 8.93. The number of hydrogen-bond donors (Lipinski definition) is 3. The number of hydrogen-bond acceptors (Lipinski definition) is 6. The molecule has 19 heavy (non-hydrogen) atoms. The van der Waals surface area contributed by atoms with E-state index in [9.17, 15) is 14.7 Å². The number of H-pyrrole nitrogens is 1. The summed E-state index contributed by atoms with van der Waals surface area (Å²) in [7, 11) is 1.37. The van der Waals surface area contributed by atoms with E-state index in [0.29, 0.717) is 0 Å². The lowest BCUT2D eigenvalue weighted by molar-refractivity contribution is -0.121. The van der Waals surface area contributed by atoms with Gasteiger partial charge >= 0.3 is 5.69 Å². The van der Waals surface area contributed by atoms with Gasteiger partial charge in [0, 0.05) is 19.4 Å². The molecular formula is C11H16N2O6. The molecule has 106 valence electrons. The van der Waals surface area contributed by atoms with Crippen molar-refractivity contribution in [3.63, 3.8) is 0 Å². The second-order valence-corrected chi connectivity index (χ2v) is 4.56. The van der Waals surface area contributed by atoms with Crippen LogP contribution in [0.2, 0.25) is 0 Å². The molecule has 0 radical (unpaired) electrons. The van der Waals surface area contributed by atoms with Gasteiger partial charge in [0.25, 0.3) is 5.56 Å². The number of ether oxygens (including phenoxy) is 2. The van der Waals surface area contributed by atoms with Crippen molar-refractivity contribution < 1.29 is 19.7 Å². The van der Waals surface area contributed by atoms with Crippen LogP contribution in [0.25, 0.3) is 0 Å². The van der Waals surface area contributed by atoms with Crippen molar-refractivity contribution in [2.45, 2.75) is 31.0 Å². The topological polar surface area (TPSA) is 114 Å². The van der Waals surface area contributed by atoms with Gasteiger partial charge in [-0.15, -0.1) is 0 Å². The average molecular weight is 272 g/mol. The fraction of sp³-hybridized carbons (Fsp3) is 0.636. The van der Waals surface area contributed by atoms with E-state index in [0.717, 1.165) is 4.57 Å². The van der Waals surface area contributed by atoms with Crippen LogP contribution in [0.4, 0.5) is 0 Å². The number of nitrogens with zero attached hydrogens (tertiary/aromatic N) is 1. The molecule has 1 saturated heterocycles. The van der Waals surface area contributed by atoms with E-state index < -0.39 is 41.9 Å². The molecule has 8 heteroatoms. The highest BCUT2D eigenvalue weighted by molar-refractivity contribution is 5.01. The standard InChI is InChI=1S/C11H16N2O6/c1-11(18-2)8(16)6(5-14)19-9(11)13-4-3-7(15)12-10(13)17/h3-4,6,8-9,14,16H,5H2,1-2H3,(H,12,15,17)/t6-,8-,9-,11-/m1/s1. The van der Waals surface area contributed by atoms with Crippen molar-refractivity contribution in [2.75, 3.05) is 13.7 Å². The first-order valence-electron chi connectivity index (χ1n) is 5.75. The van der Waals surface area contributed by atoms with Crippen molar-refractivity contribution in [2.24, 2.45) is 0 Å². The Balaban J connectivity index is 2.48. The van der Waals surface area contributed by atoms with Crippen molar-refractivity contribution in [1.29, 1.82) is 0 Å². The zero-order chi connectivity index (χ0) is 14.2. The SMILES string of the molecule is CO[C@]1(C)[C@H](O)[C@@H](CO)O[C@H]1n1ccc(=O)[nH]c1=O. The summed E-state index contributed by atoms with van der Waals surface area (Å²) in [6, 6.07) is 1.17. The molecule has 1 aromatic heterocycles. The molecule has 1 aromatic rings. The van der Waals surface area contributed by atoms with Gasteiger partial charge in [0.1, 0.15) is 17.8 Å². The van der Waals surface area contributed by atoms with Crippen LogP contribution < -0.4 is 11.2 Å². The fourth-order valence-corrected chi connectivity index (χ4v) is 2.21. The lowest BCUT2D eigenvalue weighted by atomic mass is 9.96. The molecule has 0 bridgehead atoms. The predicted octanol–water partition coefficient (Wildman–Crippen LogP) is -1.81. The van der Waals surface area contributed by atoms with Gasteiger partial charge in [0.05, 0.1) is 6.61 Å². The predicted molar refractivity (Wildman–Crippen MR) is 63.7 cm³/mol. The Bertz CT molecular complexity index is 567. The highest BCUT2D eigenvalue weighted by Gasteiger charge is 2.54. The quantitative estimate of drug-likeness (QED) is 0.598. The summed E-state index contributed by atoms with van der Waals surface area (Å²) in [5.41, 5.74) is -2.42. The van der Waals surface area contributed by atoms with Crippen molar-refractivity contribution in [3.8, 4) is 0 Å². The molecule has 0 saturated carbocycles. The third-order valence-corrected chi connectivity index (χ3v) is 3.46. The van der Waals surface area contributed by atoms with E-state index >= 15 is 0 Å². The number of aliphatic hydroxyl groups excluding tert-OH is 2. The maximum atomic E-state index is 11.8. The molecule has 2 rings (SSSR count). The van der Waals surface area contributed by atoms with Crippen LogP contribution in [0.5, 0.6) is 0 Å². The molecule has 8 nitrogen and oxygen atoms in total. The summed E-state index contributed by atoms with van der Waals surface area (Å²) in [5.74, 6) is 0. The van der Waals surface area contributed by atoms with Gasteiger partial charge in [0.15, 0.2) is 6.23 Å². The number of aromatic nitrogens is 2. The van der Waals surface area contributed by atoms with Gasteiger partial charge in [0.2, 0.25) is 0 Å². The number of nitrogens with one attached hydrogen (secondary N) is 1. The lowest BCUT2D eigenvalue weighted by Gasteiger charge is -2.31. The molecule has 1 aliphatic heterocycles. The minimum absolute atomic E-state index is 0.408. The zero-order valence-electron chi connectivity index (χ0n) is 10.6. The fourth-order valence-electron chi connectivity index (χ4n) is 2.21. The molecule has 2 heterocycles. The maximum Gasteiger partial charge on any atom is 0.330 e. The molecule has 0 aliphatic carbocycles. The number of aliphatic hydroxyl groups is 2. The summed E-state index contributed by atoms with van der Waals surface area (Å²) in [6.07, 6.45) is -1.66. The third-order valence-electron chi connectivity index (χ3n) is 3.46. The Kier molecular flexibility index (Phi) is 3.59. The first kappa shape index (κ1) is 13.9. The molecule has 0 aromatic carbocycles. The monoisotopic (exact) mass is 272 g/mol. The molecule has 3 N–H and O–H groups in total. The van der Waals surface area contributed by atoms with Crippen molar-refractivity contribution >= 4 is 0 Å². The van der Waals surface area contributed by atoms with Gasteiger partial charge in [-0.2, -0.15) is 0 Å². The normalized spacial score (nSPS) is 34.6. The number of rotatable bonds is 3. The molecule has 4 atom stereocenters. The Morgan fingerprint density at radius 3 is 2.79 bits per heavy atom. The van der Waals surface area contributed by atoms with Crippen LogP contribution in [0.1, 0.15) is 13.2 Å². The molecule has 0 spiro atoms. The Morgan fingerprint density at radius 1 is 1.58 bits per heavy atom. The van der Waals surface area contributed by atoms with Crippen LogP contribution in [0.15, 0.2) is 21.9 Å². The minimum atomic E-state index is -1.21. The second-order valence-electron chi connectivity index (χ2n) is 4.56. The second kappa shape index (κ2) is 4.89. The number of methoxy groups -OCH3 is 1. The summed E-state index contributed by atoms with van der Waals surface area (Å²) in [5, 5.41) is 19.2. The van der Waals surface area contributed by atoms with Crippen LogP contribution in [0, 0.1) is 0 Å². The third kappa shape index (κ3) is 2.12. The summed E-state index contributed by atoms with van der Waals surface area (Å²) >= 11 is 0. The lowest BCUT2D eigenvalue weighted by Crippen LogP contribution is -2.48. The molecule has 0 amide bonds. The van der Waals surface area contributed by atoms with E-state index in [4.69, 9.17) is 14.6 Å². The van der Waals surface area contributed by atoms with Gasteiger partial charge in [-0.05, 0) is 6.92 Å². The summed E-state index contributed by atoms with van der Waals surface area (Å²) in [4.78, 5) is 24.9. The van der Waals surface area contributed by atoms with Crippen molar-refractivity contribution in [3.05, 3.63) is 33.1 Å². The van der Waals surface area contributed by atoms with Crippen LogP contribution in [0.3, 0.4) is 0 Å². The molecule has 1 aliphatic rings. The van der Waals surface area contributed by atoms with Gasteiger partial charge in [-0.3, -0.25) is 14.3 Å². The average Bonchev–Trinajstić information content (AvgIpc) is 2.63. The Hall–Kier alpha value is -1.48. The first-order valence-corrected chi connectivity index (χ1v) is 5.75. The maximum absolute atomic E-state index is 11.8. The van der Waals surface area contributed by atoms with E-state index in [1.54, 1.807) is 6.92 Å². The van der Waals surface area contributed by atoms with E-state index in [2.05, 4.69) is 4.98 Å². The van der Waals surface area contributed by atoms with Gasteiger partial charge in [-0.1, -0.05) is 0 Å². The van der Waals surface area contributed by atoms with Crippen LogP contribution in [-0.4, -0.2) is 51.3 Å². The smallest absolute Gasteiger partial charge is 0.330 e. The van der Waals surface area contributed by atoms with Gasteiger partial charge in [-0.25, -0.2) is 4.79 Å². The molecular weight excluding hydrogens is 256 g/mol. The van der Waals surface area contributed by atoms with E-state index in [1.807, 2.05) is 0 Å². The summed E-state index contributed by atoms with van der Waals surface area (Å²) < 4.78 is 11.8. The van der Waals surface area contributed by atoms with Crippen molar-refractivity contribution in [1.82, 2.24) is 9.55 Å². The largest absolute Gasteiger partial charge is 0.394 e. The highest BCUT2D eigenvalue weighted by atomic mass is 16.6. The Labute approximate surface area is 108 Å². The van der Waals surface area contributed by atoms with Crippen LogP contribution >= 0.6 is 0 Å². The van der Waals surface area contributed by atoms with Crippen LogP contribution in [-0.2, 0) is 9.47 Å². The minimum Gasteiger partial charge on any atom is -0.394 e. The molecule has 1 fully saturated rings. The molecule has 0 unspecified atom stereocenters.